The van der Waals surface area contributed by atoms with Crippen molar-refractivity contribution in [1.29, 1.82) is 0 Å². The summed E-state index contributed by atoms with van der Waals surface area (Å²) >= 11 is 0. The average Bonchev–Trinajstić information content (AvgIpc) is 1.88. The molecule has 0 bridgehead atoms. The first kappa shape index (κ1) is 9.92. The van der Waals surface area contributed by atoms with Crippen molar-refractivity contribution in [3.63, 3.8) is 0 Å². The molecule has 0 fully saturated rings. The highest BCUT2D eigenvalue weighted by molar-refractivity contribution is 4.50. The minimum absolute atomic E-state index is 0.545. The van der Waals surface area contributed by atoms with Crippen LogP contribution in [-0.4, -0.2) is 24.7 Å². The van der Waals surface area contributed by atoms with Crippen LogP contribution in [0, 0.1) is 0 Å². The lowest BCUT2D eigenvalue weighted by Crippen LogP contribution is -2.28. The molecule has 0 aromatic carbocycles. The smallest absolute Gasteiger partial charge is 0.143 e. The Morgan fingerprint density at radius 3 is 2.40 bits per heavy atom. The molecule has 10 heavy (non-hydrogen) atoms. The Hall–Kier alpha value is -0.0800. The first-order valence-electron chi connectivity index (χ1n) is 4.04. The van der Waals surface area contributed by atoms with Gasteiger partial charge in [-0.15, -0.1) is 0 Å². The summed E-state index contributed by atoms with van der Waals surface area (Å²) in [6.07, 6.45) is 3.06. The molecule has 1 unspecified atom stereocenters. The van der Waals surface area contributed by atoms with E-state index in [1.807, 2.05) is 11.9 Å². The maximum absolute atomic E-state index is 10.7. The maximum atomic E-state index is 10.7. The Morgan fingerprint density at radius 2 is 2.00 bits per heavy atom. The molecule has 2 heteroatoms. The van der Waals surface area contributed by atoms with Crippen LogP contribution < -0.4 is 0 Å². The van der Waals surface area contributed by atoms with E-state index in [4.69, 9.17) is 0 Å². The van der Waals surface area contributed by atoms with Crippen molar-refractivity contribution < 1.29 is 5.11 Å². The van der Waals surface area contributed by atoms with Crippen molar-refractivity contribution in [1.82, 2.24) is 4.90 Å². The summed E-state index contributed by atoms with van der Waals surface area (Å²) in [6.45, 7) is 4.80. The summed E-state index contributed by atoms with van der Waals surface area (Å²) in [5.41, 5.74) is 0. The summed E-state index contributed by atoms with van der Waals surface area (Å²) in [6, 6.07) is 0. The molecule has 0 aliphatic carbocycles. The largest absolute Gasteiger partial charge is 0.279 e. The number of rotatable bonds is 5. The number of hydrogen-bond acceptors (Lipinski definition) is 1. The molecule has 0 spiro atoms. The topological polar surface area (TPSA) is 23.1 Å². The van der Waals surface area contributed by atoms with Gasteiger partial charge in [0.1, 0.15) is 6.23 Å². The zero-order valence-electron chi connectivity index (χ0n) is 7.26. The van der Waals surface area contributed by atoms with E-state index in [1.54, 1.807) is 6.92 Å². The van der Waals surface area contributed by atoms with Gasteiger partial charge >= 0.3 is 0 Å². The average molecular weight is 144 g/mol. The minimum atomic E-state index is -0.545. The Labute approximate surface area is 63.8 Å². The molecule has 1 atom stereocenters. The van der Waals surface area contributed by atoms with Gasteiger partial charge in [0, 0.05) is 6.54 Å². The quantitative estimate of drug-likeness (QED) is 0.427. The van der Waals surface area contributed by atoms with Crippen LogP contribution in [0.1, 0.15) is 33.1 Å². The molecule has 0 heterocycles. The summed E-state index contributed by atoms with van der Waals surface area (Å²) in [4.78, 5) is 1.84. The van der Waals surface area contributed by atoms with Crippen LogP contribution in [0.15, 0.2) is 0 Å². The molecule has 0 aliphatic rings. The zero-order valence-corrected chi connectivity index (χ0v) is 7.26. The lowest BCUT2D eigenvalue weighted by molar-refractivity contribution is -0.0200. The van der Waals surface area contributed by atoms with E-state index in [1.165, 1.54) is 12.8 Å². The van der Waals surface area contributed by atoms with E-state index in [-0.39, 0.29) is 0 Å². The maximum Gasteiger partial charge on any atom is 0.143 e. The second-order valence-electron chi connectivity index (χ2n) is 2.79. The first-order valence-corrected chi connectivity index (χ1v) is 4.04. The highest BCUT2D eigenvalue weighted by Gasteiger charge is 2.03. The second kappa shape index (κ2) is 5.69. The van der Waals surface area contributed by atoms with Crippen LogP contribution in [0.25, 0.3) is 0 Å². The highest BCUT2D eigenvalue weighted by Crippen LogP contribution is 1.98. The van der Waals surface area contributed by atoms with Crippen molar-refractivity contribution in [3.05, 3.63) is 0 Å². The third-order valence-electron chi connectivity index (χ3n) is 1.74. The van der Waals surface area contributed by atoms with Crippen LogP contribution in [0.3, 0.4) is 0 Å². The zero-order chi connectivity index (χ0) is 7.98. The molecule has 61 valence electrons. The molecule has 0 aromatic heterocycles. The molecule has 0 amide bonds. The van der Waals surface area contributed by atoms with Gasteiger partial charge in [0.05, 0.1) is 0 Å². The SMILES string of the molecule is CCCCCN(C)C(C)[O]. The van der Waals surface area contributed by atoms with Gasteiger partial charge in [0.2, 0.25) is 0 Å². The Morgan fingerprint density at radius 1 is 1.40 bits per heavy atom. The highest BCUT2D eigenvalue weighted by atomic mass is 16.3. The van der Waals surface area contributed by atoms with Crippen LogP contribution in [0.4, 0.5) is 0 Å². The summed E-state index contributed by atoms with van der Waals surface area (Å²) in [5, 5.41) is 10.7. The molecule has 0 saturated carbocycles. The second-order valence-corrected chi connectivity index (χ2v) is 2.79. The van der Waals surface area contributed by atoms with Crippen LogP contribution in [-0.2, 0) is 5.11 Å². The molecular formula is C8H18NO. The van der Waals surface area contributed by atoms with Crippen LogP contribution in [0.5, 0.6) is 0 Å². The van der Waals surface area contributed by atoms with E-state index in [2.05, 4.69) is 6.92 Å². The van der Waals surface area contributed by atoms with Gasteiger partial charge in [-0.1, -0.05) is 19.8 Å². The molecule has 0 aliphatic heterocycles. The molecule has 0 aromatic rings. The monoisotopic (exact) mass is 144 g/mol. The third kappa shape index (κ3) is 4.77. The predicted molar refractivity (Wildman–Crippen MR) is 42.3 cm³/mol. The fraction of sp³-hybridized carbons (Fsp3) is 1.00. The van der Waals surface area contributed by atoms with E-state index in [0.717, 1.165) is 13.0 Å². The third-order valence-corrected chi connectivity index (χ3v) is 1.74. The molecule has 0 rings (SSSR count). The molecular weight excluding hydrogens is 126 g/mol. The van der Waals surface area contributed by atoms with Gasteiger partial charge in [-0.2, -0.15) is 0 Å². The lowest BCUT2D eigenvalue weighted by Gasteiger charge is -2.17. The first-order chi connectivity index (χ1) is 4.68. The Kier molecular flexibility index (Phi) is 5.64. The van der Waals surface area contributed by atoms with Gasteiger partial charge in [0.15, 0.2) is 0 Å². The number of hydrogen-bond donors (Lipinski definition) is 0. The van der Waals surface area contributed by atoms with E-state index < -0.39 is 6.23 Å². The Bertz CT molecular complexity index is 73.7. The van der Waals surface area contributed by atoms with Crippen molar-refractivity contribution >= 4 is 0 Å². The summed E-state index contributed by atoms with van der Waals surface area (Å²) < 4.78 is 0. The van der Waals surface area contributed by atoms with Crippen molar-refractivity contribution in [2.24, 2.45) is 0 Å². The summed E-state index contributed by atoms with van der Waals surface area (Å²) in [5.74, 6) is 0. The molecule has 0 N–H and O–H groups in total. The molecule has 0 saturated heterocycles. The number of nitrogens with zero attached hydrogens (tertiary/aromatic N) is 1. The fourth-order valence-electron chi connectivity index (χ4n) is 0.793. The van der Waals surface area contributed by atoms with Crippen LogP contribution in [0.2, 0.25) is 0 Å². The van der Waals surface area contributed by atoms with Gasteiger partial charge < -0.3 is 0 Å². The van der Waals surface area contributed by atoms with Gasteiger partial charge in [-0.25, -0.2) is 5.11 Å². The fourth-order valence-corrected chi connectivity index (χ4v) is 0.793. The normalized spacial score (nSPS) is 14.1. The minimum Gasteiger partial charge on any atom is -0.279 e. The molecule has 2 nitrogen and oxygen atoms in total. The standard InChI is InChI=1S/C8H18NO/c1-4-5-6-7-9(3)8(2)10/h8H,4-7H2,1-3H3. The number of unbranched alkanes of at least 4 members (excludes halogenated alkanes) is 2. The van der Waals surface area contributed by atoms with E-state index >= 15 is 0 Å². The summed E-state index contributed by atoms with van der Waals surface area (Å²) in [7, 11) is 1.88. The molecule has 1 radical (unpaired) electrons. The van der Waals surface area contributed by atoms with Crippen molar-refractivity contribution in [2.45, 2.75) is 39.3 Å². The predicted octanol–water partition coefficient (Wildman–Crippen LogP) is 1.88. The van der Waals surface area contributed by atoms with Crippen molar-refractivity contribution in [2.75, 3.05) is 13.6 Å². The van der Waals surface area contributed by atoms with Crippen LogP contribution >= 0.6 is 0 Å². The van der Waals surface area contributed by atoms with Gasteiger partial charge in [-0.05, 0) is 20.4 Å². The van der Waals surface area contributed by atoms with E-state index in [0.29, 0.717) is 0 Å². The van der Waals surface area contributed by atoms with E-state index in [9.17, 15) is 5.11 Å². The van der Waals surface area contributed by atoms with Crippen molar-refractivity contribution in [3.8, 4) is 0 Å². The lowest BCUT2D eigenvalue weighted by atomic mass is 10.2. The van der Waals surface area contributed by atoms with Gasteiger partial charge in [0.25, 0.3) is 0 Å². The Balaban J connectivity index is 3.13. The van der Waals surface area contributed by atoms with Gasteiger partial charge in [-0.3, -0.25) is 4.90 Å².